The van der Waals surface area contributed by atoms with Crippen LogP contribution in [0.2, 0.25) is 0 Å². The SMILES string of the molecule is COC(=O)c1cnc(NS(=O)(=O)c2ccccc2)c([N+](=O)[O-])c1. The molecule has 2 rings (SSSR count). The summed E-state index contributed by atoms with van der Waals surface area (Å²) in [6.45, 7) is 0. The number of sulfonamides is 1. The first kappa shape index (κ1) is 16.4. The monoisotopic (exact) mass is 337 g/mol. The molecule has 0 aliphatic carbocycles. The summed E-state index contributed by atoms with van der Waals surface area (Å²) in [5.41, 5.74) is -0.825. The maximum Gasteiger partial charge on any atom is 0.339 e. The molecule has 0 bridgehead atoms. The number of rotatable bonds is 5. The summed E-state index contributed by atoms with van der Waals surface area (Å²) in [4.78, 5) is 25.2. The van der Waals surface area contributed by atoms with Crippen LogP contribution in [0.4, 0.5) is 11.5 Å². The zero-order chi connectivity index (χ0) is 17.0. The van der Waals surface area contributed by atoms with Gasteiger partial charge in [0.15, 0.2) is 0 Å². The molecule has 1 aromatic carbocycles. The summed E-state index contributed by atoms with van der Waals surface area (Å²) in [7, 11) is -2.93. The average Bonchev–Trinajstić information content (AvgIpc) is 2.54. The molecule has 1 N–H and O–H groups in total. The Balaban J connectivity index is 2.44. The minimum Gasteiger partial charge on any atom is -0.465 e. The van der Waals surface area contributed by atoms with E-state index in [4.69, 9.17) is 0 Å². The van der Waals surface area contributed by atoms with Crippen molar-refractivity contribution in [2.75, 3.05) is 11.8 Å². The third-order valence-corrected chi connectivity index (χ3v) is 4.12. The Hall–Kier alpha value is -3.01. The number of nitrogens with zero attached hydrogens (tertiary/aromatic N) is 2. The van der Waals surface area contributed by atoms with Gasteiger partial charge in [-0.05, 0) is 12.1 Å². The number of carbonyl (C=O) groups excluding carboxylic acids is 1. The van der Waals surface area contributed by atoms with E-state index >= 15 is 0 Å². The van der Waals surface area contributed by atoms with E-state index in [-0.39, 0.29) is 10.5 Å². The van der Waals surface area contributed by atoms with Gasteiger partial charge < -0.3 is 4.74 Å². The maximum absolute atomic E-state index is 12.2. The van der Waals surface area contributed by atoms with E-state index in [1.165, 1.54) is 24.3 Å². The minimum atomic E-state index is -4.04. The van der Waals surface area contributed by atoms with Crippen molar-refractivity contribution in [3.63, 3.8) is 0 Å². The van der Waals surface area contributed by atoms with Crippen LogP contribution in [0.15, 0.2) is 47.5 Å². The Bertz CT molecular complexity index is 851. The maximum atomic E-state index is 12.2. The first-order valence-corrected chi connectivity index (χ1v) is 7.64. The molecule has 0 fully saturated rings. The lowest BCUT2D eigenvalue weighted by Crippen LogP contribution is -2.15. The van der Waals surface area contributed by atoms with Gasteiger partial charge in [-0.15, -0.1) is 0 Å². The van der Waals surface area contributed by atoms with Gasteiger partial charge in [0.25, 0.3) is 10.0 Å². The molecular weight excluding hydrogens is 326 g/mol. The van der Waals surface area contributed by atoms with Crippen molar-refractivity contribution in [2.45, 2.75) is 4.90 Å². The lowest BCUT2D eigenvalue weighted by Gasteiger charge is -2.08. The first-order valence-electron chi connectivity index (χ1n) is 6.16. The normalized spacial score (nSPS) is 10.8. The van der Waals surface area contributed by atoms with Gasteiger partial charge in [0.1, 0.15) is 0 Å². The Kier molecular flexibility index (Phi) is 4.55. The molecule has 0 aliphatic heterocycles. The number of nitro groups is 1. The van der Waals surface area contributed by atoms with Gasteiger partial charge in [-0.1, -0.05) is 18.2 Å². The number of hydrogen-bond donors (Lipinski definition) is 1. The standard InChI is InChI=1S/C13H11N3O6S/c1-22-13(17)9-7-11(16(18)19)12(14-8-9)15-23(20,21)10-5-3-2-4-6-10/h2-8H,1H3,(H,14,15). The number of nitrogens with one attached hydrogen (secondary N) is 1. The number of carbonyl (C=O) groups is 1. The van der Waals surface area contributed by atoms with Crippen molar-refractivity contribution in [1.29, 1.82) is 0 Å². The second kappa shape index (κ2) is 6.40. The first-order chi connectivity index (χ1) is 10.8. The zero-order valence-corrected chi connectivity index (χ0v) is 12.6. The van der Waals surface area contributed by atoms with Crippen LogP contribution < -0.4 is 4.72 Å². The molecule has 120 valence electrons. The van der Waals surface area contributed by atoms with E-state index in [2.05, 4.69) is 9.72 Å². The van der Waals surface area contributed by atoms with E-state index in [1.807, 2.05) is 4.72 Å². The molecule has 0 spiro atoms. The lowest BCUT2D eigenvalue weighted by molar-refractivity contribution is -0.384. The highest BCUT2D eigenvalue weighted by Gasteiger charge is 2.24. The van der Waals surface area contributed by atoms with Crippen molar-refractivity contribution in [1.82, 2.24) is 4.98 Å². The number of methoxy groups -OCH3 is 1. The van der Waals surface area contributed by atoms with Crippen molar-refractivity contribution < 1.29 is 22.9 Å². The number of pyridine rings is 1. The van der Waals surface area contributed by atoms with E-state index in [9.17, 15) is 23.3 Å². The summed E-state index contributed by atoms with van der Waals surface area (Å²) < 4.78 is 30.8. The fourth-order valence-corrected chi connectivity index (χ4v) is 2.73. The molecular formula is C13H11N3O6S. The minimum absolute atomic E-state index is 0.0758. The molecule has 0 atom stereocenters. The number of ether oxygens (including phenoxy) is 1. The Morgan fingerprint density at radius 3 is 2.52 bits per heavy atom. The Morgan fingerprint density at radius 2 is 1.96 bits per heavy atom. The smallest absolute Gasteiger partial charge is 0.339 e. The number of benzene rings is 1. The molecule has 0 radical (unpaired) electrons. The number of anilines is 1. The van der Waals surface area contributed by atoms with Gasteiger partial charge in [0, 0.05) is 12.3 Å². The molecule has 0 unspecified atom stereocenters. The Morgan fingerprint density at radius 1 is 1.30 bits per heavy atom. The van der Waals surface area contributed by atoms with Gasteiger partial charge in [0.2, 0.25) is 5.82 Å². The van der Waals surface area contributed by atoms with Gasteiger partial charge >= 0.3 is 11.7 Å². The highest BCUT2D eigenvalue weighted by Crippen LogP contribution is 2.25. The second-order valence-corrected chi connectivity index (χ2v) is 5.94. The Labute approximate surface area is 131 Å². The molecule has 0 saturated carbocycles. The summed E-state index contributed by atoms with van der Waals surface area (Å²) >= 11 is 0. The van der Waals surface area contributed by atoms with Crippen LogP contribution in [0.5, 0.6) is 0 Å². The lowest BCUT2D eigenvalue weighted by atomic mass is 10.2. The second-order valence-electron chi connectivity index (χ2n) is 4.26. The van der Waals surface area contributed by atoms with Crippen molar-refractivity contribution >= 4 is 27.5 Å². The van der Waals surface area contributed by atoms with Crippen LogP contribution in [0.1, 0.15) is 10.4 Å². The third-order valence-electron chi connectivity index (χ3n) is 2.77. The number of aromatic nitrogens is 1. The van der Waals surface area contributed by atoms with Gasteiger partial charge in [-0.25, -0.2) is 18.2 Å². The molecule has 1 aromatic heterocycles. The molecule has 23 heavy (non-hydrogen) atoms. The molecule has 2 aromatic rings. The highest BCUT2D eigenvalue weighted by molar-refractivity contribution is 7.92. The third kappa shape index (κ3) is 3.61. The quantitative estimate of drug-likeness (QED) is 0.498. The fourth-order valence-electron chi connectivity index (χ4n) is 1.69. The molecule has 9 nitrogen and oxygen atoms in total. The van der Waals surface area contributed by atoms with Crippen LogP contribution in [0.3, 0.4) is 0 Å². The predicted molar refractivity (Wildman–Crippen MR) is 79.5 cm³/mol. The highest BCUT2D eigenvalue weighted by atomic mass is 32.2. The van der Waals surface area contributed by atoms with Crippen LogP contribution in [0, 0.1) is 10.1 Å². The average molecular weight is 337 g/mol. The largest absolute Gasteiger partial charge is 0.465 e. The van der Waals surface area contributed by atoms with Crippen molar-refractivity contribution in [3.8, 4) is 0 Å². The summed E-state index contributed by atoms with van der Waals surface area (Å²) in [5, 5.41) is 11.1. The topological polar surface area (TPSA) is 128 Å². The van der Waals surface area contributed by atoms with Crippen LogP contribution in [-0.4, -0.2) is 31.4 Å². The van der Waals surface area contributed by atoms with Crippen LogP contribution in [0.25, 0.3) is 0 Å². The summed E-state index contributed by atoms with van der Waals surface area (Å²) in [5.74, 6) is -1.32. The summed E-state index contributed by atoms with van der Waals surface area (Å²) in [6, 6.07) is 8.20. The molecule has 0 amide bonds. The molecule has 1 heterocycles. The van der Waals surface area contributed by atoms with Crippen LogP contribution >= 0.6 is 0 Å². The fraction of sp³-hybridized carbons (Fsp3) is 0.0769. The van der Waals surface area contributed by atoms with Gasteiger partial charge in [-0.3, -0.25) is 14.8 Å². The zero-order valence-electron chi connectivity index (χ0n) is 11.8. The number of esters is 1. The molecule has 0 aliphatic rings. The predicted octanol–water partition coefficient (Wildman–Crippen LogP) is 1.58. The van der Waals surface area contributed by atoms with Crippen LogP contribution in [-0.2, 0) is 14.8 Å². The number of hydrogen-bond acceptors (Lipinski definition) is 7. The van der Waals surface area contributed by atoms with E-state index < -0.39 is 32.4 Å². The van der Waals surface area contributed by atoms with E-state index in [0.717, 1.165) is 19.4 Å². The molecule has 10 heteroatoms. The van der Waals surface area contributed by atoms with Crippen molar-refractivity contribution in [2.24, 2.45) is 0 Å². The summed E-state index contributed by atoms with van der Waals surface area (Å²) in [6.07, 6.45) is 0.988. The van der Waals surface area contributed by atoms with E-state index in [0.29, 0.717) is 0 Å². The van der Waals surface area contributed by atoms with Gasteiger partial charge in [-0.2, -0.15) is 0 Å². The molecule has 0 saturated heterocycles. The van der Waals surface area contributed by atoms with E-state index in [1.54, 1.807) is 6.07 Å². The van der Waals surface area contributed by atoms with Crippen molar-refractivity contribution in [3.05, 3.63) is 58.3 Å². The van der Waals surface area contributed by atoms with Gasteiger partial charge in [0.05, 0.1) is 22.5 Å².